The van der Waals surface area contributed by atoms with Crippen LogP contribution in [0.3, 0.4) is 0 Å². The predicted molar refractivity (Wildman–Crippen MR) is 69.9 cm³/mol. The molecule has 0 spiro atoms. The fourth-order valence-corrected chi connectivity index (χ4v) is 1.27. The minimum atomic E-state index is -0.671. The zero-order valence-corrected chi connectivity index (χ0v) is 10.6. The first-order valence-corrected chi connectivity index (χ1v) is 5.36. The van der Waals surface area contributed by atoms with Crippen molar-refractivity contribution in [3.05, 3.63) is 35.9 Å². The molecule has 2 atom stereocenters. The second kappa shape index (κ2) is 8.06. The van der Waals surface area contributed by atoms with Crippen molar-refractivity contribution >= 4 is 18.3 Å². The molecule has 2 unspecified atom stereocenters. The Morgan fingerprint density at radius 3 is 2.53 bits per heavy atom. The lowest BCUT2D eigenvalue weighted by Gasteiger charge is -2.14. The molecule has 1 aromatic carbocycles. The number of nitrogens with one attached hydrogen (secondary N) is 1. The third kappa shape index (κ3) is 5.17. The minimum Gasteiger partial charge on any atom is -0.387 e. The van der Waals surface area contributed by atoms with E-state index in [0.29, 0.717) is 6.54 Å². The molecular weight excluding hydrogens is 240 g/mol. The van der Waals surface area contributed by atoms with Gasteiger partial charge in [0, 0.05) is 19.0 Å². The van der Waals surface area contributed by atoms with E-state index in [-0.39, 0.29) is 30.8 Å². The topological polar surface area (TPSA) is 75.4 Å². The molecule has 1 amide bonds. The number of rotatable bonds is 5. The van der Waals surface area contributed by atoms with Crippen molar-refractivity contribution in [3.8, 4) is 0 Å². The zero-order chi connectivity index (χ0) is 12.0. The van der Waals surface area contributed by atoms with Gasteiger partial charge in [0.1, 0.15) is 0 Å². The predicted octanol–water partition coefficient (Wildman–Crippen LogP) is 0.853. The summed E-state index contributed by atoms with van der Waals surface area (Å²) >= 11 is 0. The number of benzene rings is 1. The summed E-state index contributed by atoms with van der Waals surface area (Å²) in [5.74, 6) is -0.347. The monoisotopic (exact) mass is 258 g/mol. The number of aliphatic hydroxyl groups excluding tert-OH is 1. The van der Waals surface area contributed by atoms with Crippen LogP contribution < -0.4 is 11.1 Å². The van der Waals surface area contributed by atoms with Crippen molar-refractivity contribution in [2.75, 3.05) is 13.1 Å². The molecule has 4 nitrogen and oxygen atoms in total. The normalized spacial score (nSPS) is 13.4. The highest BCUT2D eigenvalue weighted by atomic mass is 35.5. The van der Waals surface area contributed by atoms with Crippen LogP contribution in [0.15, 0.2) is 30.3 Å². The number of carbonyl (C=O) groups is 1. The van der Waals surface area contributed by atoms with Crippen LogP contribution in [-0.2, 0) is 4.79 Å². The van der Waals surface area contributed by atoms with E-state index < -0.39 is 6.10 Å². The first-order valence-electron chi connectivity index (χ1n) is 5.36. The molecule has 0 aliphatic heterocycles. The van der Waals surface area contributed by atoms with Crippen molar-refractivity contribution in [2.45, 2.75) is 13.0 Å². The Balaban J connectivity index is 0.00000256. The molecule has 0 saturated heterocycles. The molecule has 1 rings (SSSR count). The zero-order valence-electron chi connectivity index (χ0n) is 9.80. The maximum atomic E-state index is 11.4. The van der Waals surface area contributed by atoms with Gasteiger partial charge in [-0.3, -0.25) is 4.79 Å². The summed E-state index contributed by atoms with van der Waals surface area (Å²) in [4.78, 5) is 11.4. The van der Waals surface area contributed by atoms with E-state index in [1.807, 2.05) is 30.3 Å². The quantitative estimate of drug-likeness (QED) is 0.733. The molecule has 0 aliphatic rings. The average molecular weight is 259 g/mol. The van der Waals surface area contributed by atoms with Gasteiger partial charge in [-0.15, -0.1) is 12.4 Å². The third-order valence-electron chi connectivity index (χ3n) is 2.46. The van der Waals surface area contributed by atoms with Gasteiger partial charge >= 0.3 is 0 Å². The number of amides is 1. The van der Waals surface area contributed by atoms with Gasteiger partial charge in [0.05, 0.1) is 6.10 Å². The summed E-state index contributed by atoms with van der Waals surface area (Å²) in [5, 5.41) is 12.4. The van der Waals surface area contributed by atoms with Crippen molar-refractivity contribution < 1.29 is 9.90 Å². The summed E-state index contributed by atoms with van der Waals surface area (Å²) in [6.45, 7) is 2.28. The largest absolute Gasteiger partial charge is 0.387 e. The van der Waals surface area contributed by atoms with Crippen molar-refractivity contribution in [3.63, 3.8) is 0 Å². The Kier molecular flexibility index (Phi) is 7.54. The van der Waals surface area contributed by atoms with Crippen LogP contribution in [0, 0.1) is 5.92 Å². The molecule has 4 N–H and O–H groups in total. The second-order valence-electron chi connectivity index (χ2n) is 3.81. The van der Waals surface area contributed by atoms with Crippen molar-refractivity contribution in [1.82, 2.24) is 5.32 Å². The molecule has 17 heavy (non-hydrogen) atoms. The lowest BCUT2D eigenvalue weighted by Crippen LogP contribution is -2.35. The minimum absolute atomic E-state index is 0. The molecule has 0 aliphatic carbocycles. The fourth-order valence-electron chi connectivity index (χ4n) is 1.27. The highest BCUT2D eigenvalue weighted by Crippen LogP contribution is 2.10. The van der Waals surface area contributed by atoms with Crippen molar-refractivity contribution in [1.29, 1.82) is 0 Å². The molecule has 0 saturated carbocycles. The van der Waals surface area contributed by atoms with E-state index in [0.717, 1.165) is 5.56 Å². The SMILES string of the molecule is CC(CN)C(=O)NCC(O)c1ccccc1.Cl. The molecule has 0 fully saturated rings. The standard InChI is InChI=1S/C12H18N2O2.ClH/c1-9(7-13)12(16)14-8-11(15)10-5-3-2-4-6-10;/h2-6,9,11,15H,7-8,13H2,1H3,(H,14,16);1H. The van der Waals surface area contributed by atoms with Crippen LogP contribution in [-0.4, -0.2) is 24.1 Å². The van der Waals surface area contributed by atoms with Gasteiger partial charge in [0.2, 0.25) is 5.91 Å². The number of hydrogen-bond acceptors (Lipinski definition) is 3. The van der Waals surface area contributed by atoms with Crippen LogP contribution in [0.2, 0.25) is 0 Å². The van der Waals surface area contributed by atoms with Crippen LogP contribution in [0.1, 0.15) is 18.6 Å². The summed E-state index contributed by atoms with van der Waals surface area (Å²) in [6, 6.07) is 9.23. The second-order valence-corrected chi connectivity index (χ2v) is 3.81. The smallest absolute Gasteiger partial charge is 0.224 e. The Labute approximate surface area is 108 Å². The molecule has 5 heteroatoms. The van der Waals surface area contributed by atoms with Crippen LogP contribution >= 0.6 is 12.4 Å². The number of carbonyl (C=O) groups excluding carboxylic acids is 1. The van der Waals surface area contributed by atoms with Crippen LogP contribution in [0.5, 0.6) is 0 Å². The number of aliphatic hydroxyl groups is 1. The van der Waals surface area contributed by atoms with Gasteiger partial charge in [-0.2, -0.15) is 0 Å². The van der Waals surface area contributed by atoms with E-state index in [9.17, 15) is 9.90 Å². The molecule has 0 aromatic heterocycles. The summed E-state index contributed by atoms with van der Waals surface area (Å²) < 4.78 is 0. The summed E-state index contributed by atoms with van der Waals surface area (Å²) in [7, 11) is 0. The molecule has 96 valence electrons. The van der Waals surface area contributed by atoms with Gasteiger partial charge in [-0.1, -0.05) is 37.3 Å². The summed E-state index contributed by atoms with van der Waals surface area (Å²) in [6.07, 6.45) is -0.671. The third-order valence-corrected chi connectivity index (χ3v) is 2.46. The summed E-state index contributed by atoms with van der Waals surface area (Å²) in [5.41, 5.74) is 6.16. The van der Waals surface area contributed by atoms with Crippen LogP contribution in [0.25, 0.3) is 0 Å². The average Bonchev–Trinajstić information content (AvgIpc) is 2.35. The highest BCUT2D eigenvalue weighted by molar-refractivity contribution is 5.85. The van der Waals surface area contributed by atoms with E-state index in [1.54, 1.807) is 6.92 Å². The van der Waals surface area contributed by atoms with E-state index in [1.165, 1.54) is 0 Å². The van der Waals surface area contributed by atoms with Gasteiger partial charge in [0.25, 0.3) is 0 Å². The van der Waals surface area contributed by atoms with Gasteiger partial charge in [-0.25, -0.2) is 0 Å². The highest BCUT2D eigenvalue weighted by Gasteiger charge is 2.13. The maximum absolute atomic E-state index is 11.4. The fraction of sp³-hybridized carbons (Fsp3) is 0.417. The van der Waals surface area contributed by atoms with Crippen LogP contribution in [0.4, 0.5) is 0 Å². The Bertz CT molecular complexity index is 333. The molecule has 0 heterocycles. The Morgan fingerprint density at radius 1 is 1.41 bits per heavy atom. The Morgan fingerprint density at radius 2 is 2.00 bits per heavy atom. The molecule has 1 aromatic rings. The molecule has 0 radical (unpaired) electrons. The van der Waals surface area contributed by atoms with E-state index >= 15 is 0 Å². The lowest BCUT2D eigenvalue weighted by atomic mass is 10.1. The van der Waals surface area contributed by atoms with Gasteiger partial charge in [-0.05, 0) is 5.56 Å². The number of hydrogen-bond donors (Lipinski definition) is 3. The van der Waals surface area contributed by atoms with Crippen molar-refractivity contribution in [2.24, 2.45) is 11.7 Å². The van der Waals surface area contributed by atoms with E-state index in [2.05, 4.69) is 5.32 Å². The van der Waals surface area contributed by atoms with Gasteiger partial charge < -0.3 is 16.2 Å². The molecular formula is C12H19ClN2O2. The first-order chi connectivity index (χ1) is 7.65. The number of halogens is 1. The Hall–Kier alpha value is -1.10. The number of nitrogens with two attached hydrogens (primary N) is 1. The van der Waals surface area contributed by atoms with E-state index in [4.69, 9.17) is 5.73 Å². The van der Waals surface area contributed by atoms with Gasteiger partial charge in [0.15, 0.2) is 0 Å². The molecule has 0 bridgehead atoms. The maximum Gasteiger partial charge on any atom is 0.224 e. The lowest BCUT2D eigenvalue weighted by molar-refractivity contribution is -0.124. The first kappa shape index (κ1) is 15.9.